The minimum Gasteiger partial charge on any atom is -0.206 e. The summed E-state index contributed by atoms with van der Waals surface area (Å²) in [5.74, 6) is -1.69. The summed E-state index contributed by atoms with van der Waals surface area (Å²) in [4.78, 5) is 1.16. The van der Waals surface area contributed by atoms with Gasteiger partial charge in [-0.2, -0.15) is 18.0 Å². The number of aryl methyl sites for hydroxylation is 2. The molecule has 3 rings (SSSR count). The van der Waals surface area contributed by atoms with Crippen molar-refractivity contribution in [2.45, 2.75) is 38.9 Å². The Bertz CT molecular complexity index is 701. The van der Waals surface area contributed by atoms with E-state index in [2.05, 4.69) is 15.4 Å². The van der Waals surface area contributed by atoms with Gasteiger partial charge in [0.25, 0.3) is 0 Å². The highest BCUT2D eigenvalue weighted by Crippen LogP contribution is 2.46. The van der Waals surface area contributed by atoms with Gasteiger partial charge in [0, 0.05) is 0 Å². The Labute approximate surface area is 124 Å². The van der Waals surface area contributed by atoms with Crippen molar-refractivity contribution in [3.05, 3.63) is 29.1 Å². The van der Waals surface area contributed by atoms with Gasteiger partial charge in [-0.15, -0.1) is 10.2 Å². The van der Waals surface area contributed by atoms with Gasteiger partial charge < -0.3 is 0 Å². The summed E-state index contributed by atoms with van der Waals surface area (Å²) in [6, 6.07) is 2.57. The third-order valence-corrected chi connectivity index (χ3v) is 4.16. The molecule has 0 amide bonds. The molecule has 0 radical (unpaired) electrons. The van der Waals surface area contributed by atoms with E-state index in [0.717, 1.165) is 15.9 Å². The average molecular weight is 314 g/mol. The van der Waals surface area contributed by atoms with Crippen LogP contribution in [0.5, 0.6) is 0 Å². The lowest BCUT2D eigenvalue weighted by molar-refractivity contribution is -0.203. The quantitative estimate of drug-likeness (QED) is 0.795. The zero-order chi connectivity index (χ0) is 16.1. The molecule has 1 aliphatic carbocycles. The molecule has 0 bridgehead atoms. The third kappa shape index (κ3) is 2.57. The van der Waals surface area contributed by atoms with Crippen LogP contribution in [0.4, 0.5) is 17.6 Å². The van der Waals surface area contributed by atoms with Crippen molar-refractivity contribution in [2.75, 3.05) is 0 Å². The molecule has 1 aliphatic rings. The van der Waals surface area contributed by atoms with Gasteiger partial charge in [0.1, 0.15) is 5.82 Å². The number of aromatic nitrogens is 4. The number of benzene rings is 1. The molecule has 0 spiro atoms. The van der Waals surface area contributed by atoms with Crippen LogP contribution >= 0.6 is 0 Å². The maximum atomic E-state index is 14.0. The van der Waals surface area contributed by atoms with Crippen molar-refractivity contribution in [2.24, 2.45) is 5.92 Å². The van der Waals surface area contributed by atoms with E-state index in [-0.39, 0.29) is 24.2 Å². The van der Waals surface area contributed by atoms with Crippen molar-refractivity contribution in [1.82, 2.24) is 20.2 Å². The van der Waals surface area contributed by atoms with Gasteiger partial charge in [-0.25, -0.2) is 4.39 Å². The van der Waals surface area contributed by atoms with Gasteiger partial charge in [0.2, 0.25) is 5.82 Å². The second-order valence-corrected chi connectivity index (χ2v) is 5.71. The van der Waals surface area contributed by atoms with E-state index < -0.39 is 24.0 Å². The third-order valence-electron chi connectivity index (χ3n) is 4.16. The van der Waals surface area contributed by atoms with Crippen LogP contribution in [-0.4, -0.2) is 26.4 Å². The van der Waals surface area contributed by atoms with E-state index in [4.69, 9.17) is 0 Å². The summed E-state index contributed by atoms with van der Waals surface area (Å²) >= 11 is 0. The van der Waals surface area contributed by atoms with Crippen molar-refractivity contribution >= 4 is 0 Å². The van der Waals surface area contributed by atoms with Gasteiger partial charge >= 0.3 is 6.18 Å². The Hall–Kier alpha value is -1.99. The highest BCUT2D eigenvalue weighted by Gasteiger charge is 2.49. The minimum atomic E-state index is -4.18. The van der Waals surface area contributed by atoms with Crippen molar-refractivity contribution in [1.29, 1.82) is 0 Å². The summed E-state index contributed by atoms with van der Waals surface area (Å²) < 4.78 is 51.4. The lowest BCUT2D eigenvalue weighted by atomic mass is 9.80. The molecule has 1 heterocycles. The average Bonchev–Trinajstić information content (AvgIpc) is 2.79. The number of halogens is 4. The van der Waals surface area contributed by atoms with Gasteiger partial charge in [0.15, 0.2) is 0 Å². The Morgan fingerprint density at radius 3 is 2.41 bits per heavy atom. The number of hydrogen-bond acceptors (Lipinski definition) is 3. The van der Waals surface area contributed by atoms with Gasteiger partial charge in [-0.05, 0) is 55.2 Å². The van der Waals surface area contributed by atoms with E-state index in [0.29, 0.717) is 0 Å². The Morgan fingerprint density at radius 2 is 1.77 bits per heavy atom. The maximum Gasteiger partial charge on any atom is 0.391 e. The smallest absolute Gasteiger partial charge is 0.206 e. The van der Waals surface area contributed by atoms with Crippen molar-refractivity contribution in [3.8, 4) is 11.4 Å². The molecule has 2 aromatic rings. The topological polar surface area (TPSA) is 43.6 Å². The molecule has 8 heteroatoms. The van der Waals surface area contributed by atoms with Gasteiger partial charge in [-0.3, -0.25) is 0 Å². The van der Waals surface area contributed by atoms with Crippen LogP contribution < -0.4 is 0 Å². The fraction of sp³-hybridized carbons (Fsp3) is 0.500. The molecule has 0 saturated heterocycles. The summed E-state index contributed by atoms with van der Waals surface area (Å²) in [7, 11) is 0. The largest absolute Gasteiger partial charge is 0.391 e. The van der Waals surface area contributed by atoms with Crippen LogP contribution in [0, 0.1) is 25.6 Å². The predicted octanol–water partition coefficient (Wildman–Crippen LogP) is 3.61. The van der Waals surface area contributed by atoms with Crippen molar-refractivity contribution < 1.29 is 17.6 Å². The Morgan fingerprint density at radius 1 is 1.14 bits per heavy atom. The van der Waals surface area contributed by atoms with Crippen LogP contribution in [-0.2, 0) is 0 Å². The monoisotopic (exact) mass is 314 g/mol. The Balaban J connectivity index is 1.80. The van der Waals surface area contributed by atoms with Crippen LogP contribution in [0.25, 0.3) is 11.4 Å². The Kier molecular flexibility index (Phi) is 3.41. The molecule has 1 fully saturated rings. The molecule has 0 aliphatic heterocycles. The number of hydrogen-bond donors (Lipinski definition) is 0. The van der Waals surface area contributed by atoms with Gasteiger partial charge in [-0.1, -0.05) is 0 Å². The number of nitrogens with zero attached hydrogens (tertiary/aromatic N) is 4. The fourth-order valence-corrected chi connectivity index (χ4v) is 2.48. The normalized spacial score (nSPS) is 21.7. The molecule has 1 saturated carbocycles. The van der Waals surface area contributed by atoms with Gasteiger partial charge in [0.05, 0.1) is 17.5 Å². The minimum absolute atomic E-state index is 0.0608. The molecule has 22 heavy (non-hydrogen) atoms. The van der Waals surface area contributed by atoms with Crippen molar-refractivity contribution in [3.63, 3.8) is 0 Å². The zero-order valence-electron chi connectivity index (χ0n) is 12.0. The SMILES string of the molecule is Cc1cc(F)c(-c2nnn([C@H]3C[C@@H](C(F)(F)F)C3)n2)cc1C. The van der Waals surface area contributed by atoms with E-state index in [1.807, 2.05) is 6.92 Å². The summed E-state index contributed by atoms with van der Waals surface area (Å²) in [5.41, 5.74) is 1.90. The predicted molar refractivity (Wildman–Crippen MR) is 70.5 cm³/mol. The molecule has 4 nitrogen and oxygen atoms in total. The molecule has 0 N–H and O–H groups in total. The first-order valence-electron chi connectivity index (χ1n) is 6.89. The van der Waals surface area contributed by atoms with Crippen LogP contribution in [0.3, 0.4) is 0 Å². The second kappa shape index (κ2) is 5.03. The lowest BCUT2D eigenvalue weighted by Gasteiger charge is -2.35. The molecular weight excluding hydrogens is 300 g/mol. The molecule has 0 atom stereocenters. The summed E-state index contributed by atoms with van der Waals surface area (Å²) in [6.07, 6.45) is -4.30. The van der Waals surface area contributed by atoms with E-state index in [9.17, 15) is 17.6 Å². The second-order valence-electron chi connectivity index (χ2n) is 5.71. The van der Waals surface area contributed by atoms with Crippen LogP contribution in [0.15, 0.2) is 12.1 Å². The maximum absolute atomic E-state index is 14.0. The van der Waals surface area contributed by atoms with Crippen LogP contribution in [0.2, 0.25) is 0 Å². The highest BCUT2D eigenvalue weighted by molar-refractivity contribution is 5.57. The molecular formula is C14H14F4N4. The van der Waals surface area contributed by atoms with Crippen LogP contribution in [0.1, 0.15) is 30.0 Å². The molecule has 1 aromatic carbocycles. The first-order valence-corrected chi connectivity index (χ1v) is 6.89. The molecule has 1 aromatic heterocycles. The summed E-state index contributed by atoms with van der Waals surface area (Å²) in [5, 5.41) is 11.6. The summed E-state index contributed by atoms with van der Waals surface area (Å²) in [6.45, 7) is 3.63. The molecule has 118 valence electrons. The number of alkyl halides is 3. The van der Waals surface area contributed by atoms with E-state index >= 15 is 0 Å². The number of rotatable bonds is 2. The zero-order valence-corrected chi connectivity index (χ0v) is 12.0. The van der Waals surface area contributed by atoms with E-state index in [1.54, 1.807) is 13.0 Å². The standard InChI is InChI=1S/C14H14F4N4/c1-7-3-11(12(15)4-8(7)2)13-19-21-22(20-13)10-5-9(6-10)14(16,17)18/h3-4,9-10H,5-6H2,1-2H3/t9-,10+. The first kappa shape index (κ1) is 14.9. The highest BCUT2D eigenvalue weighted by atomic mass is 19.4. The fourth-order valence-electron chi connectivity index (χ4n) is 2.48. The van der Waals surface area contributed by atoms with E-state index in [1.165, 1.54) is 6.07 Å². The lowest BCUT2D eigenvalue weighted by Crippen LogP contribution is -2.37. The number of tetrazole rings is 1. The first-order chi connectivity index (χ1) is 10.3. The molecule has 0 unspecified atom stereocenters.